The molecular weight excluding hydrogens is 314 g/mol. The maximum Gasteiger partial charge on any atom is 0.270 e. The van der Waals surface area contributed by atoms with Crippen LogP contribution in [-0.4, -0.2) is 17.0 Å². The lowest BCUT2D eigenvalue weighted by atomic mass is 10.1. The zero-order valence-corrected chi connectivity index (χ0v) is 14.2. The highest BCUT2D eigenvalue weighted by molar-refractivity contribution is 5.97. The van der Waals surface area contributed by atoms with E-state index < -0.39 is 0 Å². The molecule has 0 aliphatic rings. The van der Waals surface area contributed by atoms with Crippen molar-refractivity contribution in [2.45, 2.75) is 13.8 Å². The zero-order chi connectivity index (χ0) is 17.8. The maximum atomic E-state index is 13.2. The van der Waals surface area contributed by atoms with Crippen LogP contribution in [0.25, 0.3) is 16.9 Å². The molecule has 0 aliphatic carbocycles. The summed E-state index contributed by atoms with van der Waals surface area (Å²) in [6, 6.07) is 20.7. The van der Waals surface area contributed by atoms with Crippen molar-refractivity contribution in [3.8, 4) is 22.7 Å². The summed E-state index contributed by atoms with van der Waals surface area (Å²) in [5, 5.41) is 0. The van der Waals surface area contributed by atoms with Crippen LogP contribution in [0, 0.1) is 0 Å². The summed E-state index contributed by atoms with van der Waals surface area (Å²) in [6.07, 6.45) is 0. The van der Waals surface area contributed by atoms with Crippen LogP contribution in [-0.2, 0) is 0 Å². The molecule has 4 nitrogen and oxygen atoms in total. The third kappa shape index (κ3) is 3.24. The lowest BCUT2D eigenvalue weighted by Crippen LogP contribution is -2.27. The highest BCUT2D eigenvalue weighted by Gasteiger charge is 2.20. The van der Waals surface area contributed by atoms with Gasteiger partial charge in [0.2, 0.25) is 0 Å². The molecule has 0 radical (unpaired) electrons. The molecule has 126 valence electrons. The van der Waals surface area contributed by atoms with Gasteiger partial charge < -0.3 is 4.74 Å². The second-order valence-electron chi connectivity index (χ2n) is 5.60. The van der Waals surface area contributed by atoms with Crippen LogP contribution in [0.5, 0.6) is 5.75 Å². The van der Waals surface area contributed by atoms with Gasteiger partial charge in [0.25, 0.3) is 5.56 Å². The van der Waals surface area contributed by atoms with Gasteiger partial charge in [0.05, 0.1) is 12.3 Å². The SMILES string of the molecule is CCOc1cc(-c2ccccc2)n(-c2ccccc2)c(=O)c1C(C)=O. The molecule has 3 rings (SSSR count). The van der Waals surface area contributed by atoms with Crippen LogP contribution in [0.15, 0.2) is 71.5 Å². The molecule has 0 unspecified atom stereocenters. The Labute approximate surface area is 146 Å². The molecule has 0 bridgehead atoms. The number of Topliss-reactive ketones (excluding diaryl/α,β-unsaturated/α-hetero) is 1. The summed E-state index contributed by atoms with van der Waals surface area (Å²) in [5.41, 5.74) is 1.97. The van der Waals surface area contributed by atoms with Crippen molar-refractivity contribution in [1.29, 1.82) is 0 Å². The van der Waals surface area contributed by atoms with Crippen LogP contribution in [0.2, 0.25) is 0 Å². The minimum atomic E-state index is -0.372. The third-order valence-electron chi connectivity index (χ3n) is 3.91. The lowest BCUT2D eigenvalue weighted by Gasteiger charge is -2.17. The summed E-state index contributed by atoms with van der Waals surface area (Å²) in [7, 11) is 0. The van der Waals surface area contributed by atoms with E-state index in [-0.39, 0.29) is 16.9 Å². The monoisotopic (exact) mass is 333 g/mol. The molecule has 3 aromatic rings. The Bertz CT molecular complexity index is 944. The van der Waals surface area contributed by atoms with E-state index in [0.29, 0.717) is 23.7 Å². The number of ether oxygens (including phenoxy) is 1. The Morgan fingerprint density at radius 2 is 1.60 bits per heavy atom. The first kappa shape index (κ1) is 16.7. The number of nitrogens with zero attached hydrogens (tertiary/aromatic N) is 1. The fraction of sp³-hybridized carbons (Fsp3) is 0.143. The van der Waals surface area contributed by atoms with E-state index in [4.69, 9.17) is 4.74 Å². The average Bonchev–Trinajstić information content (AvgIpc) is 2.62. The van der Waals surface area contributed by atoms with E-state index in [1.54, 1.807) is 10.6 Å². The molecule has 25 heavy (non-hydrogen) atoms. The Morgan fingerprint density at radius 3 is 2.16 bits per heavy atom. The van der Waals surface area contributed by atoms with Gasteiger partial charge in [-0.25, -0.2) is 0 Å². The van der Waals surface area contributed by atoms with E-state index in [2.05, 4.69) is 0 Å². The first-order chi connectivity index (χ1) is 12.1. The van der Waals surface area contributed by atoms with Crippen LogP contribution >= 0.6 is 0 Å². The molecule has 2 aromatic carbocycles. The van der Waals surface area contributed by atoms with Gasteiger partial charge in [-0.15, -0.1) is 0 Å². The molecule has 0 spiro atoms. The minimum absolute atomic E-state index is 0.0744. The van der Waals surface area contributed by atoms with Gasteiger partial charge in [-0.2, -0.15) is 0 Å². The average molecular weight is 333 g/mol. The molecule has 4 heteroatoms. The normalized spacial score (nSPS) is 10.5. The Morgan fingerprint density at radius 1 is 1.00 bits per heavy atom. The third-order valence-corrected chi connectivity index (χ3v) is 3.91. The highest BCUT2D eigenvalue weighted by Crippen LogP contribution is 2.27. The number of hydrogen-bond donors (Lipinski definition) is 0. The van der Waals surface area contributed by atoms with Crippen LogP contribution < -0.4 is 10.3 Å². The van der Waals surface area contributed by atoms with Gasteiger partial charge in [0.1, 0.15) is 11.3 Å². The van der Waals surface area contributed by atoms with Crippen LogP contribution in [0.1, 0.15) is 24.2 Å². The van der Waals surface area contributed by atoms with Crippen molar-refractivity contribution in [1.82, 2.24) is 4.57 Å². The summed E-state index contributed by atoms with van der Waals surface area (Å²) < 4.78 is 7.16. The van der Waals surface area contributed by atoms with Gasteiger partial charge in [0.15, 0.2) is 5.78 Å². The first-order valence-electron chi connectivity index (χ1n) is 8.18. The summed E-state index contributed by atoms with van der Waals surface area (Å²) >= 11 is 0. The lowest BCUT2D eigenvalue weighted by molar-refractivity contribution is 0.101. The Balaban J connectivity index is 2.40. The number of hydrogen-bond acceptors (Lipinski definition) is 3. The van der Waals surface area contributed by atoms with Crippen molar-refractivity contribution < 1.29 is 9.53 Å². The minimum Gasteiger partial charge on any atom is -0.493 e. The topological polar surface area (TPSA) is 48.3 Å². The van der Waals surface area contributed by atoms with Crippen molar-refractivity contribution in [2.75, 3.05) is 6.61 Å². The van der Waals surface area contributed by atoms with Gasteiger partial charge in [0, 0.05) is 11.8 Å². The number of carbonyl (C=O) groups is 1. The van der Waals surface area contributed by atoms with Gasteiger partial charge in [-0.05, 0) is 31.5 Å². The number of carbonyl (C=O) groups excluding carboxylic acids is 1. The van der Waals surface area contributed by atoms with Gasteiger partial charge >= 0.3 is 0 Å². The second kappa shape index (κ2) is 7.18. The zero-order valence-electron chi connectivity index (χ0n) is 14.2. The number of aromatic nitrogens is 1. The molecule has 0 atom stereocenters. The van der Waals surface area contributed by atoms with Gasteiger partial charge in [-0.1, -0.05) is 48.5 Å². The van der Waals surface area contributed by atoms with Crippen molar-refractivity contribution in [2.24, 2.45) is 0 Å². The molecule has 0 N–H and O–H groups in total. The number of pyridine rings is 1. The van der Waals surface area contributed by atoms with E-state index in [0.717, 1.165) is 5.56 Å². The number of benzene rings is 2. The highest BCUT2D eigenvalue weighted by atomic mass is 16.5. The van der Waals surface area contributed by atoms with E-state index in [9.17, 15) is 9.59 Å². The van der Waals surface area contributed by atoms with Crippen LogP contribution in [0.4, 0.5) is 0 Å². The van der Waals surface area contributed by atoms with E-state index >= 15 is 0 Å². The number of rotatable bonds is 5. The molecule has 0 saturated carbocycles. The molecule has 0 fully saturated rings. The first-order valence-corrected chi connectivity index (χ1v) is 8.18. The van der Waals surface area contributed by atoms with Crippen LogP contribution in [0.3, 0.4) is 0 Å². The molecule has 0 aliphatic heterocycles. The second-order valence-corrected chi connectivity index (χ2v) is 5.60. The summed E-state index contributed by atoms with van der Waals surface area (Å²) in [5.74, 6) is 0.0174. The van der Waals surface area contributed by atoms with E-state index in [1.807, 2.05) is 67.6 Å². The molecular formula is C21H19NO3. The largest absolute Gasteiger partial charge is 0.493 e. The maximum absolute atomic E-state index is 13.2. The predicted octanol–water partition coefficient (Wildman–Crippen LogP) is 4.11. The summed E-state index contributed by atoms with van der Waals surface area (Å²) in [6.45, 7) is 3.59. The molecule has 1 heterocycles. The van der Waals surface area contributed by atoms with Crippen molar-refractivity contribution in [3.63, 3.8) is 0 Å². The standard InChI is InChI=1S/C21H19NO3/c1-3-25-19-14-18(16-10-6-4-7-11-16)22(17-12-8-5-9-13-17)21(24)20(19)15(2)23/h4-14H,3H2,1-2H3. The Kier molecular flexibility index (Phi) is 4.80. The summed E-state index contributed by atoms with van der Waals surface area (Å²) in [4.78, 5) is 25.3. The Hall–Kier alpha value is -3.14. The quantitative estimate of drug-likeness (QED) is 0.660. The van der Waals surface area contributed by atoms with Crippen molar-refractivity contribution in [3.05, 3.63) is 82.6 Å². The van der Waals surface area contributed by atoms with E-state index in [1.165, 1.54) is 6.92 Å². The fourth-order valence-electron chi connectivity index (χ4n) is 2.84. The predicted molar refractivity (Wildman–Crippen MR) is 98.6 cm³/mol. The molecule has 0 amide bonds. The van der Waals surface area contributed by atoms with Crippen molar-refractivity contribution >= 4 is 5.78 Å². The molecule has 0 saturated heterocycles. The van der Waals surface area contributed by atoms with Gasteiger partial charge in [-0.3, -0.25) is 14.2 Å². The number of ketones is 1. The number of para-hydroxylation sites is 1. The fourth-order valence-corrected chi connectivity index (χ4v) is 2.84. The molecule has 1 aromatic heterocycles. The smallest absolute Gasteiger partial charge is 0.270 e.